The minimum absolute atomic E-state index is 0.0534. The number of nitrogens with zero attached hydrogens (tertiary/aromatic N) is 4. The van der Waals surface area contributed by atoms with Crippen LogP contribution in [0.1, 0.15) is 29.5 Å². The first-order valence-corrected chi connectivity index (χ1v) is 12.6. The normalized spacial score (nSPS) is 10.8. The van der Waals surface area contributed by atoms with Gasteiger partial charge in [-0.2, -0.15) is 5.26 Å². The molecule has 0 radical (unpaired) electrons. The molecule has 38 heavy (non-hydrogen) atoms. The first kappa shape index (κ1) is 26.9. The van der Waals surface area contributed by atoms with Gasteiger partial charge < -0.3 is 20.3 Å². The van der Waals surface area contributed by atoms with Crippen molar-refractivity contribution >= 4 is 45.5 Å². The highest BCUT2D eigenvalue weighted by Crippen LogP contribution is 2.35. The van der Waals surface area contributed by atoms with E-state index in [4.69, 9.17) is 16.3 Å². The third-order valence-corrected chi connectivity index (χ3v) is 6.26. The molecule has 0 aliphatic carbocycles. The average molecular weight is 529 g/mol. The number of benzene rings is 2. The number of rotatable bonds is 10. The third-order valence-electron chi connectivity index (χ3n) is 5.96. The lowest BCUT2D eigenvalue weighted by Gasteiger charge is -2.16. The molecular formula is C29H29ClN6O2. The number of aromatic nitrogens is 2. The number of hydrogen-bond acceptors (Lipinski definition) is 7. The van der Waals surface area contributed by atoms with Gasteiger partial charge in [0, 0.05) is 41.8 Å². The van der Waals surface area contributed by atoms with Crippen LogP contribution in [0.2, 0.25) is 5.02 Å². The van der Waals surface area contributed by atoms with Gasteiger partial charge in [0.15, 0.2) is 0 Å². The Morgan fingerprint density at radius 3 is 2.66 bits per heavy atom. The van der Waals surface area contributed by atoms with Crippen molar-refractivity contribution in [3.8, 4) is 11.8 Å². The number of carbonyl (C=O) groups is 1. The van der Waals surface area contributed by atoms with Gasteiger partial charge in [-0.3, -0.25) is 14.8 Å². The summed E-state index contributed by atoms with van der Waals surface area (Å²) in [5, 5.41) is 17.3. The van der Waals surface area contributed by atoms with Gasteiger partial charge in [0.25, 0.3) is 0 Å². The van der Waals surface area contributed by atoms with Crippen LogP contribution in [-0.4, -0.2) is 41.4 Å². The van der Waals surface area contributed by atoms with E-state index < -0.39 is 0 Å². The maximum Gasteiger partial charge on any atom is 0.224 e. The minimum Gasteiger partial charge on any atom is -0.487 e. The predicted octanol–water partition coefficient (Wildman–Crippen LogP) is 6.07. The van der Waals surface area contributed by atoms with Crippen molar-refractivity contribution < 1.29 is 9.53 Å². The fourth-order valence-electron chi connectivity index (χ4n) is 3.95. The highest BCUT2D eigenvalue weighted by molar-refractivity contribution is 6.32. The molecule has 9 heteroatoms. The molecule has 4 rings (SSSR count). The van der Waals surface area contributed by atoms with Crippen LogP contribution in [0.3, 0.4) is 0 Å². The van der Waals surface area contributed by atoms with Crippen LogP contribution in [0.4, 0.5) is 17.1 Å². The van der Waals surface area contributed by atoms with E-state index in [1.54, 1.807) is 24.5 Å². The maximum absolute atomic E-state index is 12.6. The first-order chi connectivity index (χ1) is 18.3. The molecule has 2 heterocycles. The molecule has 0 atom stereocenters. The van der Waals surface area contributed by atoms with Gasteiger partial charge >= 0.3 is 0 Å². The van der Waals surface area contributed by atoms with E-state index in [9.17, 15) is 10.1 Å². The highest BCUT2D eigenvalue weighted by atomic mass is 35.5. The van der Waals surface area contributed by atoms with E-state index in [-0.39, 0.29) is 5.91 Å². The zero-order valence-corrected chi connectivity index (χ0v) is 22.3. The number of carbonyl (C=O) groups excluding carboxylic acids is 1. The molecule has 0 unspecified atom stereocenters. The van der Waals surface area contributed by atoms with E-state index >= 15 is 0 Å². The van der Waals surface area contributed by atoms with Crippen LogP contribution >= 0.6 is 11.6 Å². The van der Waals surface area contributed by atoms with Gasteiger partial charge in [0.2, 0.25) is 5.91 Å². The number of amides is 1. The van der Waals surface area contributed by atoms with E-state index in [1.165, 1.54) is 6.20 Å². The fourth-order valence-corrected chi connectivity index (χ4v) is 4.18. The van der Waals surface area contributed by atoms with Gasteiger partial charge in [-0.05, 0) is 87.6 Å². The molecule has 2 N–H and O–H groups in total. The molecule has 4 aromatic rings. The van der Waals surface area contributed by atoms with Crippen LogP contribution in [-0.2, 0) is 11.4 Å². The van der Waals surface area contributed by atoms with Gasteiger partial charge in [-0.15, -0.1) is 0 Å². The number of nitriles is 1. The summed E-state index contributed by atoms with van der Waals surface area (Å²) in [4.78, 5) is 23.1. The molecule has 2 aromatic heterocycles. The summed E-state index contributed by atoms with van der Waals surface area (Å²) in [6.45, 7) is 3.13. The molecule has 0 aliphatic heterocycles. The van der Waals surface area contributed by atoms with Crippen LogP contribution in [0.5, 0.6) is 5.75 Å². The standard InChI is InChI=1S/C29H29ClN6O2/c1-19-13-26-23(15-25(19)35-28(37)5-4-12-36(2)3)29(21(16-31)17-33-26)34-22-6-7-27(24(30)14-22)38-18-20-8-10-32-11-9-20/h6-11,13-15,17H,4-5,12,18H2,1-3H3,(H,33,34)(H,35,37). The Bertz CT molecular complexity index is 1480. The zero-order chi connectivity index (χ0) is 27.1. The van der Waals surface area contributed by atoms with Crippen LogP contribution in [0.15, 0.2) is 61.1 Å². The summed E-state index contributed by atoms with van der Waals surface area (Å²) >= 11 is 6.51. The van der Waals surface area contributed by atoms with Gasteiger partial charge in [-0.1, -0.05) is 11.6 Å². The topological polar surface area (TPSA) is 103 Å². The summed E-state index contributed by atoms with van der Waals surface area (Å²) in [6, 6.07) is 15.1. The number of anilines is 3. The summed E-state index contributed by atoms with van der Waals surface area (Å²) in [5.74, 6) is 0.492. The Morgan fingerprint density at radius 1 is 1.16 bits per heavy atom. The van der Waals surface area contributed by atoms with E-state index in [1.807, 2.05) is 56.3 Å². The molecule has 0 saturated carbocycles. The lowest BCUT2D eigenvalue weighted by molar-refractivity contribution is -0.116. The molecule has 0 spiro atoms. The summed E-state index contributed by atoms with van der Waals surface area (Å²) in [5.41, 5.74) is 4.91. The Kier molecular flexibility index (Phi) is 8.74. The number of pyridine rings is 2. The number of ether oxygens (including phenoxy) is 1. The molecule has 8 nitrogen and oxygen atoms in total. The monoisotopic (exact) mass is 528 g/mol. The van der Waals surface area contributed by atoms with Crippen molar-refractivity contribution in [3.05, 3.63) is 82.8 Å². The van der Waals surface area contributed by atoms with Crippen molar-refractivity contribution in [1.29, 1.82) is 5.26 Å². The van der Waals surface area contributed by atoms with Crippen LogP contribution in [0.25, 0.3) is 10.9 Å². The second-order valence-corrected chi connectivity index (χ2v) is 9.62. The summed E-state index contributed by atoms with van der Waals surface area (Å²) in [6.07, 6.45) is 6.15. The largest absolute Gasteiger partial charge is 0.487 e. The van der Waals surface area contributed by atoms with Crippen molar-refractivity contribution in [1.82, 2.24) is 14.9 Å². The Hall–Kier alpha value is -4.19. The zero-order valence-electron chi connectivity index (χ0n) is 21.6. The van der Waals surface area contributed by atoms with E-state index in [0.29, 0.717) is 57.3 Å². The minimum atomic E-state index is -0.0534. The Morgan fingerprint density at radius 2 is 1.95 bits per heavy atom. The third kappa shape index (κ3) is 6.76. The first-order valence-electron chi connectivity index (χ1n) is 12.2. The van der Waals surface area contributed by atoms with Gasteiger partial charge in [-0.25, -0.2) is 0 Å². The molecule has 0 fully saturated rings. The second-order valence-electron chi connectivity index (χ2n) is 9.21. The SMILES string of the molecule is Cc1cc2ncc(C#N)c(Nc3ccc(OCc4ccncc4)c(Cl)c3)c2cc1NC(=O)CCCN(C)C. The fraction of sp³-hybridized carbons (Fsp3) is 0.241. The lowest BCUT2D eigenvalue weighted by Crippen LogP contribution is -2.17. The van der Waals surface area contributed by atoms with Gasteiger partial charge in [0.1, 0.15) is 18.4 Å². The molecule has 0 bridgehead atoms. The smallest absolute Gasteiger partial charge is 0.224 e. The molecular weight excluding hydrogens is 500 g/mol. The molecule has 194 valence electrons. The lowest BCUT2D eigenvalue weighted by atomic mass is 10.0. The summed E-state index contributed by atoms with van der Waals surface area (Å²) in [7, 11) is 3.96. The molecule has 2 aromatic carbocycles. The predicted molar refractivity (Wildman–Crippen MR) is 151 cm³/mol. The average Bonchev–Trinajstić information content (AvgIpc) is 2.89. The van der Waals surface area contributed by atoms with Crippen molar-refractivity contribution in [2.24, 2.45) is 0 Å². The number of hydrogen-bond donors (Lipinski definition) is 2. The van der Waals surface area contributed by atoms with Crippen molar-refractivity contribution in [2.45, 2.75) is 26.4 Å². The van der Waals surface area contributed by atoms with Crippen molar-refractivity contribution in [3.63, 3.8) is 0 Å². The number of fused-ring (bicyclic) bond motifs is 1. The van der Waals surface area contributed by atoms with Crippen LogP contribution < -0.4 is 15.4 Å². The van der Waals surface area contributed by atoms with Crippen LogP contribution in [0, 0.1) is 18.3 Å². The number of halogens is 1. The Balaban J connectivity index is 1.58. The number of aryl methyl sites for hydroxylation is 1. The Labute approximate surface area is 227 Å². The van der Waals surface area contributed by atoms with Gasteiger partial charge in [0.05, 0.1) is 21.8 Å². The quantitative estimate of drug-likeness (QED) is 0.257. The number of nitrogens with one attached hydrogen (secondary N) is 2. The molecule has 0 aliphatic rings. The van der Waals surface area contributed by atoms with E-state index in [2.05, 4.69) is 26.7 Å². The second kappa shape index (κ2) is 12.4. The van der Waals surface area contributed by atoms with Crippen molar-refractivity contribution in [2.75, 3.05) is 31.3 Å². The maximum atomic E-state index is 12.6. The summed E-state index contributed by atoms with van der Waals surface area (Å²) < 4.78 is 5.86. The highest BCUT2D eigenvalue weighted by Gasteiger charge is 2.14. The molecule has 0 saturated heterocycles. The van der Waals surface area contributed by atoms with E-state index in [0.717, 1.165) is 24.1 Å². The molecule has 1 amide bonds.